The minimum Gasteiger partial charge on any atom is -0.468 e. The van der Waals surface area contributed by atoms with Crippen LogP contribution in [0.5, 0.6) is 12.0 Å². The van der Waals surface area contributed by atoms with Gasteiger partial charge in [-0.05, 0) is 52.4 Å². The molecule has 0 bridgehead atoms. The summed E-state index contributed by atoms with van der Waals surface area (Å²) in [5.74, 6) is 1.12. The van der Waals surface area contributed by atoms with Gasteiger partial charge in [-0.25, -0.2) is 4.79 Å². The molecule has 0 spiro atoms. The lowest BCUT2D eigenvalue weighted by molar-refractivity contribution is 0.0180. The zero-order valence-corrected chi connectivity index (χ0v) is 20.8. The van der Waals surface area contributed by atoms with E-state index in [9.17, 15) is 4.79 Å². The van der Waals surface area contributed by atoms with Gasteiger partial charge in [0, 0.05) is 26.7 Å². The first-order chi connectivity index (χ1) is 15.8. The Morgan fingerprint density at radius 2 is 1.91 bits per heavy atom. The van der Waals surface area contributed by atoms with E-state index < -0.39 is 5.60 Å². The number of hydrogen-bond donors (Lipinski definition) is 1. The van der Waals surface area contributed by atoms with Crippen molar-refractivity contribution >= 4 is 23.1 Å². The lowest BCUT2D eigenvalue weighted by atomic mass is 9.94. The van der Waals surface area contributed by atoms with Crippen LogP contribution in [0.4, 0.5) is 10.6 Å². The largest absolute Gasteiger partial charge is 0.468 e. The summed E-state index contributed by atoms with van der Waals surface area (Å²) < 4.78 is 18.8. The van der Waals surface area contributed by atoms with Crippen molar-refractivity contribution in [3.05, 3.63) is 0 Å². The van der Waals surface area contributed by atoms with Crippen molar-refractivity contribution in [2.45, 2.75) is 71.9 Å². The van der Waals surface area contributed by atoms with Crippen LogP contribution >= 0.6 is 0 Å². The van der Waals surface area contributed by atoms with Gasteiger partial charge < -0.3 is 24.4 Å². The molecule has 1 aliphatic heterocycles. The maximum Gasteiger partial charge on any atom is 0.410 e. The Hall–Kier alpha value is -2.78. The van der Waals surface area contributed by atoms with Crippen LogP contribution in [-0.2, 0) is 11.3 Å². The number of aromatic nitrogens is 4. The molecule has 1 saturated heterocycles. The second kappa shape index (κ2) is 10.9. The number of anilines is 1. The van der Waals surface area contributed by atoms with E-state index in [2.05, 4.69) is 27.2 Å². The smallest absolute Gasteiger partial charge is 0.410 e. The van der Waals surface area contributed by atoms with Gasteiger partial charge in [-0.3, -0.25) is 4.57 Å². The molecule has 2 aromatic rings. The zero-order valence-electron chi connectivity index (χ0n) is 20.8. The predicted octanol–water partition coefficient (Wildman–Crippen LogP) is 4.09. The van der Waals surface area contributed by atoms with Crippen molar-refractivity contribution in [1.29, 1.82) is 0 Å². The van der Waals surface area contributed by atoms with Crippen LogP contribution in [0.15, 0.2) is 0 Å². The van der Waals surface area contributed by atoms with Gasteiger partial charge in [0.05, 0.1) is 13.7 Å². The average Bonchev–Trinajstić information content (AvgIpc) is 3.14. The first-order valence-corrected chi connectivity index (χ1v) is 11.9. The highest BCUT2D eigenvalue weighted by Gasteiger charge is 2.27. The number of ether oxygens (including phenoxy) is 3. The number of methoxy groups -OCH3 is 1. The third-order valence-electron chi connectivity index (χ3n) is 5.71. The number of fused-ring (bicyclic) bond motifs is 1. The molecule has 1 fully saturated rings. The fourth-order valence-corrected chi connectivity index (χ4v) is 3.91. The highest BCUT2D eigenvalue weighted by atomic mass is 16.6. The summed E-state index contributed by atoms with van der Waals surface area (Å²) in [5.41, 5.74) is 0.890. The normalized spacial score (nSPS) is 15.0. The molecule has 1 aliphatic rings. The summed E-state index contributed by atoms with van der Waals surface area (Å²) in [7, 11) is 3.42. The summed E-state index contributed by atoms with van der Waals surface area (Å²) in [6.07, 6.45) is 4.58. The Kier molecular flexibility index (Phi) is 8.20. The first-order valence-electron chi connectivity index (χ1n) is 11.9. The van der Waals surface area contributed by atoms with E-state index in [4.69, 9.17) is 14.2 Å². The Bertz CT molecular complexity index is 931. The lowest BCUT2D eigenvalue weighted by Gasteiger charge is -2.33. The van der Waals surface area contributed by atoms with Crippen molar-refractivity contribution in [3.63, 3.8) is 0 Å². The zero-order chi connectivity index (χ0) is 24.0. The van der Waals surface area contributed by atoms with Gasteiger partial charge in [0.1, 0.15) is 5.60 Å². The molecule has 1 amide bonds. The monoisotopic (exact) mass is 462 g/mol. The molecule has 0 atom stereocenters. The topological polar surface area (TPSA) is 104 Å². The van der Waals surface area contributed by atoms with Gasteiger partial charge in [-0.2, -0.15) is 15.0 Å². The molecule has 3 heterocycles. The molecule has 0 unspecified atom stereocenters. The number of carbonyl (C=O) groups is 1. The highest BCUT2D eigenvalue weighted by molar-refractivity contribution is 5.84. The molecule has 10 nitrogen and oxygen atoms in total. The molecule has 2 aromatic heterocycles. The number of unbranched alkanes of at least 4 members (excludes halogenated alkanes) is 1. The number of likely N-dealkylation sites (tertiary alicyclic amines) is 1. The molecule has 3 rings (SSSR count). The van der Waals surface area contributed by atoms with E-state index in [1.165, 1.54) is 0 Å². The van der Waals surface area contributed by atoms with Crippen molar-refractivity contribution in [3.8, 4) is 12.0 Å². The predicted molar refractivity (Wildman–Crippen MR) is 127 cm³/mol. The van der Waals surface area contributed by atoms with E-state index in [1.807, 2.05) is 32.4 Å². The second-order valence-electron chi connectivity index (χ2n) is 9.43. The first kappa shape index (κ1) is 24.9. The van der Waals surface area contributed by atoms with Crippen LogP contribution < -0.4 is 14.8 Å². The quantitative estimate of drug-likeness (QED) is 0.556. The van der Waals surface area contributed by atoms with E-state index in [0.717, 1.165) is 32.1 Å². The molecule has 0 radical (unpaired) electrons. The molecule has 1 N–H and O–H groups in total. The minimum atomic E-state index is -0.472. The number of hydrogen-bond acceptors (Lipinski definition) is 8. The van der Waals surface area contributed by atoms with Crippen molar-refractivity contribution in [2.24, 2.45) is 5.92 Å². The number of imidazole rings is 1. The van der Waals surface area contributed by atoms with Crippen molar-refractivity contribution in [2.75, 3.05) is 39.2 Å². The van der Waals surface area contributed by atoms with E-state index in [0.29, 0.717) is 61.2 Å². The SMILES string of the molecule is CCCCOc1nc(NC)c2nc(OC)n(CCC3CCN(C(=O)OC(C)(C)C)CC3)c2n1. The van der Waals surface area contributed by atoms with Gasteiger partial charge in [0.2, 0.25) is 0 Å². The summed E-state index contributed by atoms with van der Waals surface area (Å²) in [5, 5.41) is 3.09. The Labute approximate surface area is 196 Å². The summed E-state index contributed by atoms with van der Waals surface area (Å²) in [4.78, 5) is 27.8. The third kappa shape index (κ3) is 6.39. The second-order valence-corrected chi connectivity index (χ2v) is 9.43. The number of rotatable bonds is 9. The van der Waals surface area contributed by atoms with Crippen LogP contribution in [0.1, 0.15) is 59.8 Å². The van der Waals surface area contributed by atoms with E-state index in [-0.39, 0.29) is 6.09 Å². The summed E-state index contributed by atoms with van der Waals surface area (Å²) >= 11 is 0. The van der Waals surface area contributed by atoms with Crippen molar-refractivity contribution in [1.82, 2.24) is 24.4 Å². The summed E-state index contributed by atoms with van der Waals surface area (Å²) in [6, 6.07) is 0.850. The molecule has 184 valence electrons. The van der Waals surface area contributed by atoms with Gasteiger partial charge in [-0.15, -0.1) is 0 Å². The number of amides is 1. The number of aryl methyl sites for hydroxylation is 1. The molecular weight excluding hydrogens is 424 g/mol. The molecule has 0 saturated carbocycles. The minimum absolute atomic E-state index is 0.227. The Morgan fingerprint density at radius 1 is 1.18 bits per heavy atom. The van der Waals surface area contributed by atoms with Gasteiger partial charge in [-0.1, -0.05) is 13.3 Å². The molecule has 10 heteroatoms. The molecular formula is C23H38N6O4. The number of carbonyl (C=O) groups excluding carboxylic acids is 1. The Morgan fingerprint density at radius 3 is 2.52 bits per heavy atom. The van der Waals surface area contributed by atoms with E-state index >= 15 is 0 Å². The average molecular weight is 463 g/mol. The fraction of sp³-hybridized carbons (Fsp3) is 0.739. The number of piperidine rings is 1. The van der Waals surface area contributed by atoms with Crippen LogP contribution in [0, 0.1) is 5.92 Å². The van der Waals surface area contributed by atoms with Gasteiger partial charge in [0.25, 0.3) is 6.01 Å². The van der Waals surface area contributed by atoms with Crippen LogP contribution in [0.25, 0.3) is 11.2 Å². The highest BCUT2D eigenvalue weighted by Crippen LogP contribution is 2.29. The number of nitrogens with zero attached hydrogens (tertiary/aromatic N) is 5. The number of nitrogens with one attached hydrogen (secondary N) is 1. The van der Waals surface area contributed by atoms with Crippen LogP contribution in [0.3, 0.4) is 0 Å². The third-order valence-corrected chi connectivity index (χ3v) is 5.71. The van der Waals surface area contributed by atoms with Crippen LogP contribution in [-0.4, -0.2) is 70.0 Å². The lowest BCUT2D eigenvalue weighted by Crippen LogP contribution is -2.41. The molecule has 33 heavy (non-hydrogen) atoms. The van der Waals surface area contributed by atoms with E-state index in [1.54, 1.807) is 12.0 Å². The standard InChI is InChI=1S/C23H38N6O4/c1-7-8-15-32-20-26-18(24-5)17-19(27-20)29(21(25-17)31-6)14-11-16-9-12-28(13-10-16)22(30)33-23(2,3)4/h16H,7-15H2,1-6H3,(H,24,26,27). The maximum absolute atomic E-state index is 12.3. The van der Waals surface area contributed by atoms with Crippen molar-refractivity contribution < 1.29 is 19.0 Å². The van der Waals surface area contributed by atoms with Crippen LogP contribution in [0.2, 0.25) is 0 Å². The van der Waals surface area contributed by atoms with Gasteiger partial charge in [0.15, 0.2) is 17.0 Å². The maximum atomic E-state index is 12.3. The fourth-order valence-electron chi connectivity index (χ4n) is 3.91. The Balaban J connectivity index is 1.68. The van der Waals surface area contributed by atoms with Gasteiger partial charge >= 0.3 is 12.1 Å². The summed E-state index contributed by atoms with van der Waals surface area (Å²) in [6.45, 7) is 10.5. The molecule has 0 aromatic carbocycles. The molecule has 0 aliphatic carbocycles.